The van der Waals surface area contributed by atoms with Gasteiger partial charge in [0, 0.05) is 18.0 Å². The zero-order valence-electron chi connectivity index (χ0n) is 17.2. The summed E-state index contributed by atoms with van der Waals surface area (Å²) in [6, 6.07) is 14.3. The SMILES string of the molecule is CCOc1ccc(S(=O)(=O)N2CCC(C(=O)OCc3ccc(SC)cc3)CC2)cc1. The van der Waals surface area contributed by atoms with Crippen molar-refractivity contribution in [3.8, 4) is 5.75 Å². The molecule has 0 radical (unpaired) electrons. The van der Waals surface area contributed by atoms with E-state index >= 15 is 0 Å². The maximum Gasteiger partial charge on any atom is 0.309 e. The van der Waals surface area contributed by atoms with Crippen molar-refractivity contribution in [3.63, 3.8) is 0 Å². The van der Waals surface area contributed by atoms with Crippen LogP contribution in [0, 0.1) is 5.92 Å². The van der Waals surface area contributed by atoms with Crippen molar-refractivity contribution in [2.45, 2.75) is 36.2 Å². The van der Waals surface area contributed by atoms with Crippen LogP contribution in [-0.4, -0.2) is 44.6 Å². The lowest BCUT2D eigenvalue weighted by Gasteiger charge is -2.30. The van der Waals surface area contributed by atoms with E-state index in [1.807, 2.05) is 37.4 Å². The number of nitrogens with zero attached hydrogens (tertiary/aromatic N) is 1. The van der Waals surface area contributed by atoms with Crippen LogP contribution in [-0.2, 0) is 26.2 Å². The van der Waals surface area contributed by atoms with Gasteiger partial charge in [-0.1, -0.05) is 12.1 Å². The zero-order valence-corrected chi connectivity index (χ0v) is 18.9. The van der Waals surface area contributed by atoms with Gasteiger partial charge in [0.1, 0.15) is 12.4 Å². The van der Waals surface area contributed by atoms with Gasteiger partial charge in [0.2, 0.25) is 10.0 Å². The third kappa shape index (κ3) is 5.56. The molecule has 162 valence electrons. The van der Waals surface area contributed by atoms with Crippen molar-refractivity contribution in [3.05, 3.63) is 54.1 Å². The topological polar surface area (TPSA) is 72.9 Å². The number of sulfonamides is 1. The third-order valence-corrected chi connectivity index (χ3v) is 7.76. The summed E-state index contributed by atoms with van der Waals surface area (Å²) in [7, 11) is -3.58. The second-order valence-corrected chi connectivity index (χ2v) is 9.86. The Labute approximate surface area is 182 Å². The van der Waals surface area contributed by atoms with Crippen LogP contribution in [0.15, 0.2) is 58.3 Å². The number of thioether (sulfide) groups is 1. The molecule has 30 heavy (non-hydrogen) atoms. The van der Waals surface area contributed by atoms with E-state index in [0.29, 0.717) is 38.3 Å². The average Bonchev–Trinajstić information content (AvgIpc) is 2.78. The highest BCUT2D eigenvalue weighted by Gasteiger charge is 2.32. The molecule has 0 atom stereocenters. The van der Waals surface area contributed by atoms with E-state index in [0.717, 1.165) is 10.5 Å². The molecule has 1 saturated heterocycles. The number of ether oxygens (including phenoxy) is 2. The molecule has 0 aliphatic carbocycles. The normalized spacial score (nSPS) is 15.7. The fourth-order valence-corrected chi connectivity index (χ4v) is 5.23. The summed E-state index contributed by atoms with van der Waals surface area (Å²) in [4.78, 5) is 13.8. The fraction of sp³-hybridized carbons (Fsp3) is 0.409. The van der Waals surface area contributed by atoms with Crippen LogP contribution in [0.25, 0.3) is 0 Å². The van der Waals surface area contributed by atoms with E-state index in [4.69, 9.17) is 9.47 Å². The Morgan fingerprint density at radius 3 is 2.27 bits per heavy atom. The van der Waals surface area contributed by atoms with Gasteiger partial charge in [0.15, 0.2) is 0 Å². The summed E-state index contributed by atoms with van der Waals surface area (Å²) >= 11 is 1.66. The largest absolute Gasteiger partial charge is 0.494 e. The minimum Gasteiger partial charge on any atom is -0.494 e. The maximum atomic E-state index is 12.9. The Balaban J connectivity index is 1.52. The van der Waals surface area contributed by atoms with E-state index in [-0.39, 0.29) is 23.4 Å². The van der Waals surface area contributed by atoms with Gasteiger partial charge in [0.25, 0.3) is 0 Å². The number of benzene rings is 2. The summed E-state index contributed by atoms with van der Waals surface area (Å²) < 4.78 is 38.0. The first-order chi connectivity index (χ1) is 14.4. The molecule has 2 aromatic carbocycles. The minimum atomic E-state index is -3.58. The number of carbonyl (C=O) groups excluding carboxylic acids is 1. The van der Waals surface area contributed by atoms with E-state index in [1.165, 1.54) is 4.31 Å². The third-order valence-electron chi connectivity index (χ3n) is 5.10. The summed E-state index contributed by atoms with van der Waals surface area (Å²) in [5, 5.41) is 0. The molecular weight excluding hydrogens is 422 g/mol. The number of esters is 1. The van der Waals surface area contributed by atoms with Gasteiger partial charge >= 0.3 is 5.97 Å². The predicted octanol–water partition coefficient (Wildman–Crippen LogP) is 3.95. The molecule has 0 bridgehead atoms. The summed E-state index contributed by atoms with van der Waals surface area (Å²) in [6.45, 7) is 3.24. The Bertz CT molecular complexity index is 934. The molecule has 0 amide bonds. The molecule has 0 unspecified atom stereocenters. The Kier molecular flexibility index (Phi) is 7.80. The van der Waals surface area contributed by atoms with Gasteiger partial charge in [-0.3, -0.25) is 4.79 Å². The van der Waals surface area contributed by atoms with Gasteiger partial charge in [-0.05, 0) is 68.0 Å². The van der Waals surface area contributed by atoms with E-state index in [2.05, 4.69) is 0 Å². The first kappa shape index (κ1) is 22.7. The molecule has 1 fully saturated rings. The van der Waals surface area contributed by atoms with Crippen LogP contribution in [0.3, 0.4) is 0 Å². The lowest BCUT2D eigenvalue weighted by molar-refractivity contribution is -0.151. The number of rotatable bonds is 8. The van der Waals surface area contributed by atoms with Crippen molar-refractivity contribution in [2.75, 3.05) is 26.0 Å². The molecule has 0 N–H and O–H groups in total. The van der Waals surface area contributed by atoms with Gasteiger partial charge in [0.05, 0.1) is 17.4 Å². The molecule has 0 saturated carbocycles. The van der Waals surface area contributed by atoms with Gasteiger partial charge in [-0.15, -0.1) is 11.8 Å². The van der Waals surface area contributed by atoms with Crippen molar-refractivity contribution < 1.29 is 22.7 Å². The van der Waals surface area contributed by atoms with Gasteiger partial charge < -0.3 is 9.47 Å². The van der Waals surface area contributed by atoms with Crippen molar-refractivity contribution >= 4 is 27.8 Å². The lowest BCUT2D eigenvalue weighted by Crippen LogP contribution is -2.40. The first-order valence-corrected chi connectivity index (χ1v) is 12.6. The molecule has 1 aliphatic rings. The zero-order chi connectivity index (χ0) is 21.6. The number of hydrogen-bond donors (Lipinski definition) is 0. The number of carbonyl (C=O) groups is 1. The molecule has 6 nitrogen and oxygen atoms in total. The van der Waals surface area contributed by atoms with E-state index in [9.17, 15) is 13.2 Å². The standard InChI is InChI=1S/C22H27NO5S2/c1-3-27-19-6-10-21(11-7-19)30(25,26)23-14-12-18(13-15-23)22(24)28-16-17-4-8-20(29-2)9-5-17/h4-11,18H,3,12-16H2,1-2H3. The number of piperidine rings is 1. The summed E-state index contributed by atoms with van der Waals surface area (Å²) in [6.07, 6.45) is 2.93. The monoisotopic (exact) mass is 449 g/mol. The van der Waals surface area contributed by atoms with Crippen LogP contribution in [0.2, 0.25) is 0 Å². The van der Waals surface area contributed by atoms with Crippen LogP contribution in [0.5, 0.6) is 5.75 Å². The Morgan fingerprint density at radius 2 is 1.70 bits per heavy atom. The molecule has 1 heterocycles. The second-order valence-electron chi connectivity index (χ2n) is 7.04. The first-order valence-electron chi connectivity index (χ1n) is 9.96. The Morgan fingerprint density at radius 1 is 1.07 bits per heavy atom. The molecule has 0 aromatic heterocycles. The molecule has 0 spiro atoms. The average molecular weight is 450 g/mol. The van der Waals surface area contributed by atoms with Crippen LogP contribution in [0.1, 0.15) is 25.3 Å². The Hall–Kier alpha value is -2.03. The minimum absolute atomic E-state index is 0.234. The van der Waals surface area contributed by atoms with Crippen LogP contribution >= 0.6 is 11.8 Å². The highest BCUT2D eigenvalue weighted by Crippen LogP contribution is 2.26. The quantitative estimate of drug-likeness (QED) is 0.449. The second kappa shape index (κ2) is 10.3. The van der Waals surface area contributed by atoms with Crippen molar-refractivity contribution in [1.82, 2.24) is 4.31 Å². The molecule has 8 heteroatoms. The van der Waals surface area contributed by atoms with Crippen LogP contribution in [0.4, 0.5) is 0 Å². The number of hydrogen-bond acceptors (Lipinski definition) is 6. The van der Waals surface area contributed by atoms with E-state index < -0.39 is 10.0 Å². The van der Waals surface area contributed by atoms with E-state index in [1.54, 1.807) is 36.0 Å². The molecule has 1 aliphatic heterocycles. The highest BCUT2D eigenvalue weighted by molar-refractivity contribution is 7.98. The van der Waals surface area contributed by atoms with Crippen LogP contribution < -0.4 is 4.74 Å². The summed E-state index contributed by atoms with van der Waals surface area (Å²) in [5.74, 6) is 0.102. The van der Waals surface area contributed by atoms with Gasteiger partial charge in [-0.2, -0.15) is 4.31 Å². The predicted molar refractivity (Wildman–Crippen MR) is 117 cm³/mol. The van der Waals surface area contributed by atoms with Gasteiger partial charge in [-0.25, -0.2) is 8.42 Å². The lowest BCUT2D eigenvalue weighted by atomic mass is 9.98. The molecule has 3 rings (SSSR count). The smallest absolute Gasteiger partial charge is 0.309 e. The highest BCUT2D eigenvalue weighted by atomic mass is 32.2. The van der Waals surface area contributed by atoms with Crippen molar-refractivity contribution in [1.29, 1.82) is 0 Å². The summed E-state index contributed by atoms with van der Waals surface area (Å²) in [5.41, 5.74) is 0.941. The maximum absolute atomic E-state index is 12.9. The molecular formula is C22H27NO5S2. The molecule has 2 aromatic rings. The van der Waals surface area contributed by atoms with Crippen molar-refractivity contribution in [2.24, 2.45) is 5.92 Å². The fourth-order valence-electron chi connectivity index (χ4n) is 3.35.